The molecule has 0 bridgehead atoms. The fraction of sp³-hybridized carbons (Fsp3) is 0.767. The van der Waals surface area contributed by atoms with E-state index >= 15 is 0 Å². The Morgan fingerprint density at radius 2 is 1.98 bits per heavy atom. The van der Waals surface area contributed by atoms with E-state index in [1.807, 2.05) is 20.8 Å². The first kappa shape index (κ1) is 32.7. The third-order valence-corrected chi connectivity index (χ3v) is 7.92. The SMILES string of the molecule is [C-]#[N+]C[C@H]1CN(c2nc(OC[C@@H]3CCCN3CCCOCCC(=O)OC)nc3c2CCNC3)CCN1C(=O)OC(C)(C)C. The van der Waals surface area contributed by atoms with Gasteiger partial charge in [0.2, 0.25) is 6.54 Å². The van der Waals surface area contributed by atoms with E-state index in [4.69, 9.17) is 30.8 Å². The standard InChI is InChI=1S/C30H47N7O6/c1-30(2,3)43-29(39)37-15-14-36(20-23(37)18-31-4)27-24-9-11-32-19-25(24)33-28(34-27)42-21-22-8-6-12-35(22)13-7-16-41-17-10-26(38)40-5/h22-23,32H,6-21H2,1-3,5H3/t22-,23-/m0/s1. The van der Waals surface area contributed by atoms with Gasteiger partial charge in [0.05, 0.1) is 25.8 Å². The number of carbonyl (C=O) groups is 2. The van der Waals surface area contributed by atoms with Crippen LogP contribution in [0.5, 0.6) is 6.01 Å². The molecular weight excluding hydrogens is 554 g/mol. The minimum absolute atomic E-state index is 0.196. The third kappa shape index (κ3) is 9.39. The Balaban J connectivity index is 1.38. The molecule has 4 rings (SSSR count). The van der Waals surface area contributed by atoms with E-state index < -0.39 is 5.60 Å². The Morgan fingerprint density at radius 1 is 1.14 bits per heavy atom. The number of hydrogen-bond donors (Lipinski definition) is 1. The van der Waals surface area contributed by atoms with E-state index in [1.54, 1.807) is 4.90 Å². The van der Waals surface area contributed by atoms with Gasteiger partial charge in [-0.2, -0.15) is 9.97 Å². The summed E-state index contributed by atoms with van der Waals surface area (Å²) in [5, 5.41) is 3.40. The maximum Gasteiger partial charge on any atom is 0.410 e. The van der Waals surface area contributed by atoms with Crippen molar-refractivity contribution < 1.29 is 28.5 Å². The molecule has 2 atom stereocenters. The van der Waals surface area contributed by atoms with E-state index in [0.29, 0.717) is 52.0 Å². The van der Waals surface area contributed by atoms with Crippen LogP contribution in [-0.2, 0) is 32.0 Å². The molecule has 3 aliphatic rings. The summed E-state index contributed by atoms with van der Waals surface area (Å²) in [5.41, 5.74) is 1.44. The summed E-state index contributed by atoms with van der Waals surface area (Å²) in [6.45, 7) is 19.7. The van der Waals surface area contributed by atoms with Crippen LogP contribution < -0.4 is 15.0 Å². The van der Waals surface area contributed by atoms with Gasteiger partial charge in [-0.25, -0.2) is 11.4 Å². The maximum absolute atomic E-state index is 12.9. The van der Waals surface area contributed by atoms with Crippen molar-refractivity contribution in [1.29, 1.82) is 0 Å². The fourth-order valence-corrected chi connectivity index (χ4v) is 5.79. The number of hydrogen-bond acceptors (Lipinski definition) is 11. The number of piperazine rings is 1. The Bertz CT molecular complexity index is 1140. The number of anilines is 1. The van der Waals surface area contributed by atoms with Crippen LogP contribution in [0.15, 0.2) is 0 Å². The highest BCUT2D eigenvalue weighted by Gasteiger charge is 2.37. The Labute approximate surface area is 255 Å². The maximum atomic E-state index is 12.9. The van der Waals surface area contributed by atoms with Crippen molar-refractivity contribution in [2.24, 2.45) is 0 Å². The van der Waals surface area contributed by atoms with E-state index in [-0.39, 0.29) is 37.1 Å². The van der Waals surface area contributed by atoms with E-state index in [2.05, 4.69) is 24.7 Å². The number of nitrogens with zero attached hydrogens (tertiary/aromatic N) is 6. The van der Waals surface area contributed by atoms with Crippen molar-refractivity contribution in [3.63, 3.8) is 0 Å². The molecule has 1 N–H and O–H groups in total. The van der Waals surface area contributed by atoms with Gasteiger partial charge in [-0.15, -0.1) is 0 Å². The minimum Gasteiger partial charge on any atom is -0.469 e. The molecule has 2 fully saturated rings. The number of esters is 1. The largest absolute Gasteiger partial charge is 0.469 e. The van der Waals surface area contributed by atoms with Gasteiger partial charge in [0.25, 0.3) is 0 Å². The second-order valence-electron chi connectivity index (χ2n) is 12.2. The quantitative estimate of drug-likeness (QED) is 0.216. The van der Waals surface area contributed by atoms with Crippen molar-refractivity contribution in [3.8, 4) is 6.01 Å². The van der Waals surface area contributed by atoms with Gasteiger partial charge in [-0.05, 0) is 59.5 Å². The van der Waals surface area contributed by atoms with Crippen LogP contribution in [0.4, 0.5) is 10.6 Å². The smallest absolute Gasteiger partial charge is 0.410 e. The molecule has 3 aliphatic heterocycles. The molecule has 13 nitrogen and oxygen atoms in total. The van der Waals surface area contributed by atoms with E-state index in [1.165, 1.54) is 7.11 Å². The average Bonchev–Trinajstić information content (AvgIpc) is 3.43. The van der Waals surface area contributed by atoms with Gasteiger partial charge < -0.3 is 34.0 Å². The van der Waals surface area contributed by atoms with Gasteiger partial charge >= 0.3 is 18.1 Å². The first-order valence-corrected chi connectivity index (χ1v) is 15.4. The van der Waals surface area contributed by atoms with E-state index in [0.717, 1.165) is 62.4 Å². The summed E-state index contributed by atoms with van der Waals surface area (Å²) in [4.78, 5) is 43.7. The molecule has 0 aromatic carbocycles. The highest BCUT2D eigenvalue weighted by atomic mass is 16.6. The molecule has 13 heteroatoms. The second kappa shape index (κ2) is 15.5. The molecule has 1 aromatic heterocycles. The number of fused-ring (bicyclic) bond motifs is 1. The lowest BCUT2D eigenvalue weighted by Gasteiger charge is -2.41. The van der Waals surface area contributed by atoms with Crippen LogP contribution in [0.2, 0.25) is 0 Å². The second-order valence-corrected chi connectivity index (χ2v) is 12.2. The molecule has 0 aliphatic carbocycles. The molecule has 0 unspecified atom stereocenters. The predicted octanol–water partition coefficient (Wildman–Crippen LogP) is 2.28. The highest BCUT2D eigenvalue weighted by Crippen LogP contribution is 2.29. The van der Waals surface area contributed by atoms with Gasteiger partial charge in [0.15, 0.2) is 0 Å². The van der Waals surface area contributed by atoms with Crippen molar-refractivity contribution in [2.75, 3.05) is 77.6 Å². The molecule has 0 radical (unpaired) electrons. The number of amides is 1. The number of aromatic nitrogens is 2. The normalized spacial score (nSPS) is 20.8. The lowest BCUT2D eigenvalue weighted by Crippen LogP contribution is -2.57. The molecule has 238 valence electrons. The van der Waals surface area contributed by atoms with Crippen molar-refractivity contribution in [2.45, 2.75) is 77.1 Å². The molecule has 1 aromatic rings. The van der Waals surface area contributed by atoms with Crippen molar-refractivity contribution in [3.05, 3.63) is 22.7 Å². The van der Waals surface area contributed by atoms with Crippen LogP contribution in [0, 0.1) is 6.57 Å². The van der Waals surface area contributed by atoms with Crippen LogP contribution in [0.1, 0.15) is 57.7 Å². The Hall–Kier alpha value is -3.21. The Morgan fingerprint density at radius 3 is 2.74 bits per heavy atom. The number of likely N-dealkylation sites (tertiary alicyclic amines) is 1. The van der Waals surface area contributed by atoms with Crippen LogP contribution in [-0.4, -0.2) is 122 Å². The molecular formula is C30H47N7O6. The number of nitrogens with one attached hydrogen (secondary N) is 1. The summed E-state index contributed by atoms with van der Waals surface area (Å²) < 4.78 is 22.1. The minimum atomic E-state index is -0.601. The van der Waals surface area contributed by atoms with Crippen LogP contribution >= 0.6 is 0 Å². The molecule has 4 heterocycles. The monoisotopic (exact) mass is 601 g/mol. The zero-order valence-electron chi connectivity index (χ0n) is 26.1. The molecule has 1 amide bonds. The van der Waals surface area contributed by atoms with Crippen molar-refractivity contribution in [1.82, 2.24) is 25.1 Å². The molecule has 0 saturated carbocycles. The first-order valence-electron chi connectivity index (χ1n) is 15.4. The van der Waals surface area contributed by atoms with Crippen LogP contribution in [0.25, 0.3) is 4.85 Å². The summed E-state index contributed by atoms with van der Waals surface area (Å²) in [7, 11) is 1.38. The lowest BCUT2D eigenvalue weighted by atomic mass is 10.1. The summed E-state index contributed by atoms with van der Waals surface area (Å²) in [5.74, 6) is 0.582. The zero-order valence-corrected chi connectivity index (χ0v) is 26.1. The zero-order chi connectivity index (χ0) is 30.8. The van der Waals surface area contributed by atoms with E-state index in [9.17, 15) is 9.59 Å². The van der Waals surface area contributed by atoms with Gasteiger partial charge in [0.1, 0.15) is 24.1 Å². The van der Waals surface area contributed by atoms with Gasteiger partial charge in [0, 0.05) is 50.9 Å². The molecule has 2 saturated heterocycles. The number of ether oxygens (including phenoxy) is 4. The topological polar surface area (TPSA) is 123 Å². The molecule has 0 spiro atoms. The predicted molar refractivity (Wildman–Crippen MR) is 160 cm³/mol. The molecule has 43 heavy (non-hydrogen) atoms. The number of methoxy groups -OCH3 is 1. The number of rotatable bonds is 12. The average molecular weight is 602 g/mol. The third-order valence-electron chi connectivity index (χ3n) is 7.92. The first-order chi connectivity index (χ1) is 20.7. The van der Waals surface area contributed by atoms with Gasteiger partial charge in [-0.3, -0.25) is 14.6 Å². The highest BCUT2D eigenvalue weighted by molar-refractivity contribution is 5.69. The van der Waals surface area contributed by atoms with Crippen LogP contribution in [0.3, 0.4) is 0 Å². The van der Waals surface area contributed by atoms with Crippen molar-refractivity contribution >= 4 is 17.9 Å². The summed E-state index contributed by atoms with van der Waals surface area (Å²) >= 11 is 0. The summed E-state index contributed by atoms with van der Waals surface area (Å²) in [6.07, 6.45) is 3.74. The Kier molecular flexibility index (Phi) is 11.8. The number of carbonyl (C=O) groups excluding carboxylic acids is 2. The fourth-order valence-electron chi connectivity index (χ4n) is 5.79. The summed E-state index contributed by atoms with van der Waals surface area (Å²) in [6, 6.07) is 0.345. The van der Waals surface area contributed by atoms with Gasteiger partial charge in [-0.1, -0.05) is 0 Å². The lowest BCUT2D eigenvalue weighted by molar-refractivity contribution is -0.141.